The number of carboxylic acids is 1. The molecule has 0 aromatic rings. The van der Waals surface area contributed by atoms with Gasteiger partial charge in [0.2, 0.25) is 11.8 Å². The van der Waals surface area contributed by atoms with Crippen molar-refractivity contribution in [2.45, 2.75) is 33.1 Å². The lowest BCUT2D eigenvalue weighted by Gasteiger charge is -2.39. The second kappa shape index (κ2) is 7.68. The number of hydrogen-bond donors (Lipinski definition) is 2. The third-order valence-electron chi connectivity index (χ3n) is 4.05. The van der Waals surface area contributed by atoms with Crippen LogP contribution in [0, 0.1) is 11.3 Å². The molecule has 0 spiro atoms. The Labute approximate surface area is 129 Å². The van der Waals surface area contributed by atoms with Crippen molar-refractivity contribution in [3.05, 3.63) is 0 Å². The summed E-state index contributed by atoms with van der Waals surface area (Å²) in [7, 11) is 0. The number of amides is 2. The maximum atomic E-state index is 12.1. The molecule has 1 unspecified atom stereocenters. The minimum atomic E-state index is -0.821. The van der Waals surface area contributed by atoms with Crippen molar-refractivity contribution in [3.63, 3.8) is 0 Å². The van der Waals surface area contributed by atoms with Crippen LogP contribution in [0.5, 0.6) is 0 Å². The van der Waals surface area contributed by atoms with E-state index in [2.05, 4.69) is 0 Å². The lowest BCUT2D eigenvalue weighted by atomic mass is 9.74. The van der Waals surface area contributed by atoms with Crippen LogP contribution >= 0.6 is 11.8 Å². The van der Waals surface area contributed by atoms with Gasteiger partial charge in [0.15, 0.2) is 0 Å². The van der Waals surface area contributed by atoms with Gasteiger partial charge in [0.25, 0.3) is 0 Å². The molecule has 1 aliphatic rings. The Hall–Kier alpha value is -1.24. The number of carbonyl (C=O) groups excluding carboxylic acids is 2. The van der Waals surface area contributed by atoms with E-state index in [0.29, 0.717) is 25.3 Å². The Morgan fingerprint density at radius 1 is 1.38 bits per heavy atom. The molecule has 3 N–H and O–H groups in total. The summed E-state index contributed by atoms with van der Waals surface area (Å²) >= 11 is 1.35. The third kappa shape index (κ3) is 5.22. The molecule has 1 atom stereocenters. The van der Waals surface area contributed by atoms with Gasteiger partial charge in [0, 0.05) is 25.3 Å². The molecule has 1 aliphatic heterocycles. The largest absolute Gasteiger partial charge is 0.481 e. The summed E-state index contributed by atoms with van der Waals surface area (Å²) in [5, 5.41) is 9.29. The van der Waals surface area contributed by atoms with Crippen molar-refractivity contribution in [3.8, 4) is 0 Å². The zero-order valence-electron chi connectivity index (χ0n) is 12.6. The van der Waals surface area contributed by atoms with E-state index in [-0.39, 0.29) is 23.5 Å². The number of aliphatic carboxylic acids is 1. The molecule has 6 nitrogen and oxygen atoms in total. The highest BCUT2D eigenvalue weighted by molar-refractivity contribution is 7.99. The van der Waals surface area contributed by atoms with Gasteiger partial charge in [-0.25, -0.2) is 0 Å². The summed E-state index contributed by atoms with van der Waals surface area (Å²) < 4.78 is 0. The number of rotatable bonds is 7. The number of primary amides is 1. The second-order valence-electron chi connectivity index (χ2n) is 5.97. The quantitative estimate of drug-likeness (QED) is 0.681. The van der Waals surface area contributed by atoms with Crippen LogP contribution in [0.15, 0.2) is 0 Å². The molecule has 1 fully saturated rings. The fourth-order valence-corrected chi connectivity index (χ4v) is 3.12. The predicted octanol–water partition coefficient (Wildman–Crippen LogP) is 0.944. The van der Waals surface area contributed by atoms with E-state index in [1.165, 1.54) is 11.8 Å². The Morgan fingerprint density at radius 2 is 2.05 bits per heavy atom. The van der Waals surface area contributed by atoms with Gasteiger partial charge >= 0.3 is 5.97 Å². The summed E-state index contributed by atoms with van der Waals surface area (Å²) in [5.74, 6) is -0.413. The lowest BCUT2D eigenvalue weighted by Crippen LogP contribution is -2.46. The van der Waals surface area contributed by atoms with Gasteiger partial charge < -0.3 is 15.7 Å². The number of carboxylic acid groups (broad SMARTS) is 1. The highest BCUT2D eigenvalue weighted by Crippen LogP contribution is 2.34. The highest BCUT2D eigenvalue weighted by Gasteiger charge is 2.39. The first-order valence-corrected chi connectivity index (χ1v) is 8.28. The molecular weight excluding hydrogens is 292 g/mol. The first kappa shape index (κ1) is 17.8. The number of piperidine rings is 1. The van der Waals surface area contributed by atoms with Crippen molar-refractivity contribution in [2.75, 3.05) is 24.6 Å². The van der Waals surface area contributed by atoms with Crippen molar-refractivity contribution < 1.29 is 19.5 Å². The van der Waals surface area contributed by atoms with Gasteiger partial charge in [0.05, 0.1) is 11.2 Å². The van der Waals surface area contributed by atoms with Gasteiger partial charge in [-0.15, -0.1) is 0 Å². The smallest absolute Gasteiger partial charge is 0.309 e. The number of hydrogen-bond acceptors (Lipinski definition) is 4. The molecule has 2 amide bonds. The summed E-state index contributed by atoms with van der Waals surface area (Å²) in [6.07, 6.45) is 2.03. The average Bonchev–Trinajstić information content (AvgIpc) is 2.43. The first-order chi connectivity index (χ1) is 9.75. The Balaban J connectivity index is 2.46. The van der Waals surface area contributed by atoms with Crippen LogP contribution in [-0.2, 0) is 14.4 Å². The van der Waals surface area contributed by atoms with Crippen LogP contribution < -0.4 is 5.73 Å². The van der Waals surface area contributed by atoms with Crippen LogP contribution in [0.25, 0.3) is 0 Å². The van der Waals surface area contributed by atoms with Gasteiger partial charge in [0.1, 0.15) is 0 Å². The minimum Gasteiger partial charge on any atom is -0.481 e. The molecule has 1 rings (SSSR count). The molecule has 21 heavy (non-hydrogen) atoms. The van der Waals surface area contributed by atoms with Crippen molar-refractivity contribution >= 4 is 29.5 Å². The predicted molar refractivity (Wildman–Crippen MR) is 81.9 cm³/mol. The lowest BCUT2D eigenvalue weighted by molar-refractivity contribution is -0.153. The summed E-state index contributed by atoms with van der Waals surface area (Å²) in [5.41, 5.74) is 4.22. The van der Waals surface area contributed by atoms with Gasteiger partial charge in [-0.05, 0) is 32.6 Å². The summed E-state index contributed by atoms with van der Waals surface area (Å²) in [6, 6.07) is 0. The number of carbonyl (C=O) groups is 3. The Morgan fingerprint density at radius 3 is 2.62 bits per heavy atom. The Bertz CT molecular complexity index is 412. The van der Waals surface area contributed by atoms with Crippen LogP contribution in [0.3, 0.4) is 0 Å². The molecule has 0 aromatic heterocycles. The average molecular weight is 316 g/mol. The molecule has 0 aliphatic carbocycles. The molecule has 1 saturated heterocycles. The van der Waals surface area contributed by atoms with Crippen LogP contribution in [0.2, 0.25) is 0 Å². The number of thioether (sulfide) groups is 1. The van der Waals surface area contributed by atoms with Crippen molar-refractivity contribution in [1.82, 2.24) is 4.90 Å². The molecular formula is C14H24N2O4S. The summed E-state index contributed by atoms with van der Waals surface area (Å²) in [4.78, 5) is 35.8. The standard InChI is InChI=1S/C14H24N2O4S/c1-14(2,13(19)20)10-4-3-6-16(8-10)12(18)5-7-21-9-11(15)17/h10H,3-9H2,1-2H3,(H2,15,17)(H,19,20). The molecule has 1 heterocycles. The molecule has 0 bridgehead atoms. The molecule has 7 heteroatoms. The normalized spacial score (nSPS) is 19.3. The monoisotopic (exact) mass is 316 g/mol. The maximum absolute atomic E-state index is 12.1. The van der Waals surface area contributed by atoms with E-state index in [0.717, 1.165) is 12.8 Å². The number of nitrogens with zero attached hydrogens (tertiary/aromatic N) is 1. The van der Waals surface area contributed by atoms with Crippen LogP contribution in [0.4, 0.5) is 0 Å². The number of nitrogens with two attached hydrogens (primary N) is 1. The second-order valence-corrected chi connectivity index (χ2v) is 7.08. The zero-order chi connectivity index (χ0) is 16.0. The van der Waals surface area contributed by atoms with Gasteiger partial charge in [-0.3, -0.25) is 14.4 Å². The van der Waals surface area contributed by atoms with Crippen molar-refractivity contribution in [1.29, 1.82) is 0 Å². The molecule has 120 valence electrons. The van der Waals surface area contributed by atoms with Gasteiger partial charge in [-0.2, -0.15) is 11.8 Å². The van der Waals surface area contributed by atoms with Crippen LogP contribution in [-0.4, -0.2) is 52.4 Å². The van der Waals surface area contributed by atoms with E-state index in [9.17, 15) is 19.5 Å². The highest BCUT2D eigenvalue weighted by atomic mass is 32.2. The van der Waals surface area contributed by atoms with E-state index in [1.54, 1.807) is 18.7 Å². The maximum Gasteiger partial charge on any atom is 0.309 e. The fourth-order valence-electron chi connectivity index (χ4n) is 2.46. The van der Waals surface area contributed by atoms with Gasteiger partial charge in [-0.1, -0.05) is 0 Å². The zero-order valence-corrected chi connectivity index (χ0v) is 13.4. The van der Waals surface area contributed by atoms with E-state index < -0.39 is 11.4 Å². The first-order valence-electron chi connectivity index (χ1n) is 7.12. The minimum absolute atomic E-state index is 0.0222. The van der Waals surface area contributed by atoms with Crippen molar-refractivity contribution in [2.24, 2.45) is 17.1 Å². The van der Waals surface area contributed by atoms with E-state index in [1.807, 2.05) is 0 Å². The topological polar surface area (TPSA) is 101 Å². The third-order valence-corrected chi connectivity index (χ3v) is 5.03. The molecule has 0 aromatic carbocycles. The Kier molecular flexibility index (Phi) is 6.51. The summed E-state index contributed by atoms with van der Waals surface area (Å²) in [6.45, 7) is 4.62. The number of likely N-dealkylation sites (tertiary alicyclic amines) is 1. The van der Waals surface area contributed by atoms with E-state index >= 15 is 0 Å². The molecule has 0 radical (unpaired) electrons. The van der Waals surface area contributed by atoms with E-state index in [4.69, 9.17) is 5.73 Å². The SMILES string of the molecule is CC(C)(C(=O)O)C1CCCN(C(=O)CCSCC(N)=O)C1. The molecule has 0 saturated carbocycles. The van der Waals surface area contributed by atoms with Crippen LogP contribution in [0.1, 0.15) is 33.1 Å². The fraction of sp³-hybridized carbons (Fsp3) is 0.786.